The summed E-state index contributed by atoms with van der Waals surface area (Å²) in [5.41, 5.74) is 3.83. The van der Waals surface area contributed by atoms with Crippen molar-refractivity contribution in [3.8, 4) is 0 Å². The van der Waals surface area contributed by atoms with Gasteiger partial charge in [0, 0.05) is 24.3 Å². The molecule has 1 aliphatic heterocycles. The van der Waals surface area contributed by atoms with Crippen LogP contribution in [0.4, 0.5) is 11.5 Å². The first-order valence-corrected chi connectivity index (χ1v) is 9.48. The Morgan fingerprint density at radius 2 is 1.85 bits per heavy atom. The minimum absolute atomic E-state index is 0.0190. The van der Waals surface area contributed by atoms with Gasteiger partial charge in [-0.25, -0.2) is 9.97 Å². The van der Waals surface area contributed by atoms with Crippen LogP contribution in [0.15, 0.2) is 24.3 Å². The normalized spacial score (nSPS) is 17.2. The molecule has 5 nitrogen and oxygen atoms in total. The summed E-state index contributed by atoms with van der Waals surface area (Å²) in [6.45, 7) is 8.94. The summed E-state index contributed by atoms with van der Waals surface area (Å²) >= 11 is 0. The fourth-order valence-corrected chi connectivity index (χ4v) is 3.78. The van der Waals surface area contributed by atoms with Gasteiger partial charge in [0.15, 0.2) is 0 Å². The molecular weight excluding hydrogens is 324 g/mol. The van der Waals surface area contributed by atoms with Crippen molar-refractivity contribution in [3.63, 3.8) is 0 Å². The molecule has 1 amide bonds. The molecular formula is C21H28N4O. The number of aromatic nitrogens is 2. The summed E-state index contributed by atoms with van der Waals surface area (Å²) in [6, 6.07) is 8.37. The number of aryl methyl sites for hydroxylation is 3. The van der Waals surface area contributed by atoms with Gasteiger partial charge in [-0.05, 0) is 69.7 Å². The molecule has 1 aromatic carbocycles. The average molecular weight is 352 g/mol. The predicted molar refractivity (Wildman–Crippen MR) is 105 cm³/mol. The van der Waals surface area contributed by atoms with Crippen LogP contribution in [0.3, 0.4) is 0 Å². The number of benzene rings is 1. The Morgan fingerprint density at radius 1 is 1.12 bits per heavy atom. The minimum atomic E-state index is 0.0190. The van der Waals surface area contributed by atoms with Gasteiger partial charge in [-0.1, -0.05) is 13.0 Å². The van der Waals surface area contributed by atoms with Crippen molar-refractivity contribution in [2.45, 2.75) is 59.4 Å². The fraction of sp³-hybridized carbons (Fsp3) is 0.476. The number of likely N-dealkylation sites (tertiary alicyclic amines) is 1. The van der Waals surface area contributed by atoms with Crippen LogP contribution >= 0.6 is 0 Å². The number of nitrogens with zero attached hydrogens (tertiary/aromatic N) is 3. The average Bonchev–Trinajstić information content (AvgIpc) is 2.59. The van der Waals surface area contributed by atoms with Crippen molar-refractivity contribution in [3.05, 3.63) is 46.9 Å². The third-order valence-corrected chi connectivity index (χ3v) is 4.91. The molecule has 1 N–H and O–H groups in total. The van der Waals surface area contributed by atoms with Crippen molar-refractivity contribution in [2.24, 2.45) is 0 Å². The predicted octanol–water partition coefficient (Wildman–Crippen LogP) is 4.55. The maximum absolute atomic E-state index is 13.0. The molecule has 0 aliphatic carbocycles. The number of carbonyl (C=O) groups is 1. The molecule has 3 rings (SSSR count). The summed E-state index contributed by atoms with van der Waals surface area (Å²) in [6.07, 6.45) is 4.34. The summed E-state index contributed by atoms with van der Waals surface area (Å²) in [5, 5.41) is 3.33. The molecule has 2 aromatic rings. The van der Waals surface area contributed by atoms with Crippen LogP contribution in [-0.2, 0) is 0 Å². The highest BCUT2D eigenvalue weighted by Gasteiger charge is 2.27. The Balaban J connectivity index is 1.86. The van der Waals surface area contributed by atoms with Gasteiger partial charge in [0.2, 0.25) is 0 Å². The molecule has 0 spiro atoms. The Kier molecular flexibility index (Phi) is 5.55. The summed E-state index contributed by atoms with van der Waals surface area (Å²) in [7, 11) is 0. The Labute approximate surface area is 155 Å². The van der Waals surface area contributed by atoms with Crippen LogP contribution in [-0.4, -0.2) is 33.4 Å². The Hall–Kier alpha value is -2.43. The number of hydrogen-bond donors (Lipinski definition) is 1. The Morgan fingerprint density at radius 3 is 2.54 bits per heavy atom. The maximum atomic E-state index is 13.0. The highest BCUT2D eigenvalue weighted by Crippen LogP contribution is 2.23. The lowest BCUT2D eigenvalue weighted by Gasteiger charge is -2.35. The maximum Gasteiger partial charge on any atom is 0.272 e. The van der Waals surface area contributed by atoms with Crippen molar-refractivity contribution in [1.82, 2.24) is 14.9 Å². The third-order valence-electron chi connectivity index (χ3n) is 4.91. The lowest BCUT2D eigenvalue weighted by atomic mass is 9.99. The molecule has 138 valence electrons. The number of rotatable bonds is 4. The van der Waals surface area contributed by atoms with E-state index in [1.165, 1.54) is 17.5 Å². The quantitative estimate of drug-likeness (QED) is 0.877. The van der Waals surface area contributed by atoms with E-state index >= 15 is 0 Å². The van der Waals surface area contributed by atoms with E-state index in [2.05, 4.69) is 54.3 Å². The van der Waals surface area contributed by atoms with Crippen molar-refractivity contribution in [1.29, 1.82) is 0 Å². The van der Waals surface area contributed by atoms with Crippen LogP contribution in [0, 0.1) is 20.8 Å². The van der Waals surface area contributed by atoms with Crippen LogP contribution in [0.2, 0.25) is 0 Å². The molecule has 2 heterocycles. The van der Waals surface area contributed by atoms with Crippen LogP contribution in [0.5, 0.6) is 0 Å². The zero-order valence-corrected chi connectivity index (χ0v) is 16.2. The first-order valence-electron chi connectivity index (χ1n) is 9.48. The van der Waals surface area contributed by atoms with Gasteiger partial charge < -0.3 is 10.2 Å². The Bertz CT molecular complexity index is 782. The number of hydrogen-bond acceptors (Lipinski definition) is 4. The molecule has 1 saturated heterocycles. The van der Waals surface area contributed by atoms with Gasteiger partial charge >= 0.3 is 0 Å². The summed E-state index contributed by atoms with van der Waals surface area (Å²) in [4.78, 5) is 23.9. The molecule has 1 aromatic heterocycles. The topological polar surface area (TPSA) is 58.1 Å². The van der Waals surface area contributed by atoms with E-state index in [1.807, 2.05) is 11.8 Å². The molecule has 5 heteroatoms. The van der Waals surface area contributed by atoms with Gasteiger partial charge in [-0.2, -0.15) is 0 Å². The molecule has 1 atom stereocenters. The van der Waals surface area contributed by atoms with Crippen LogP contribution < -0.4 is 5.32 Å². The lowest BCUT2D eigenvalue weighted by molar-refractivity contribution is 0.0601. The SMILES string of the molecule is CCC1CCCCN1C(=O)c1cc(Nc2cc(C)cc(C)c2)nc(C)n1. The zero-order chi connectivity index (χ0) is 18.7. The van der Waals surface area contributed by atoms with Gasteiger partial charge in [0.1, 0.15) is 17.3 Å². The number of anilines is 2. The van der Waals surface area contributed by atoms with E-state index in [-0.39, 0.29) is 5.91 Å². The van der Waals surface area contributed by atoms with E-state index in [0.717, 1.165) is 31.5 Å². The van der Waals surface area contributed by atoms with Gasteiger partial charge in [-0.3, -0.25) is 4.79 Å². The molecule has 1 fully saturated rings. The van der Waals surface area contributed by atoms with Gasteiger partial charge in [-0.15, -0.1) is 0 Å². The molecule has 1 unspecified atom stereocenters. The highest BCUT2D eigenvalue weighted by atomic mass is 16.2. The van der Waals surface area contributed by atoms with E-state index in [0.29, 0.717) is 23.4 Å². The van der Waals surface area contributed by atoms with E-state index in [4.69, 9.17) is 0 Å². The van der Waals surface area contributed by atoms with Crippen molar-refractivity contribution < 1.29 is 4.79 Å². The monoisotopic (exact) mass is 352 g/mol. The number of nitrogens with one attached hydrogen (secondary N) is 1. The zero-order valence-electron chi connectivity index (χ0n) is 16.2. The second kappa shape index (κ2) is 7.85. The standard InChI is InChI=1S/C21H28N4O/c1-5-18-8-6-7-9-25(18)21(26)19-13-20(23-16(4)22-19)24-17-11-14(2)10-15(3)12-17/h10-13,18H,5-9H2,1-4H3,(H,22,23,24). The van der Waals surface area contributed by atoms with Gasteiger partial charge in [0.25, 0.3) is 5.91 Å². The van der Waals surface area contributed by atoms with Crippen molar-refractivity contribution >= 4 is 17.4 Å². The van der Waals surface area contributed by atoms with E-state index in [1.54, 1.807) is 6.07 Å². The molecule has 1 aliphatic rings. The second-order valence-corrected chi connectivity index (χ2v) is 7.24. The third kappa shape index (κ3) is 4.21. The lowest BCUT2D eigenvalue weighted by Crippen LogP contribution is -2.43. The van der Waals surface area contributed by atoms with Crippen LogP contribution in [0.25, 0.3) is 0 Å². The van der Waals surface area contributed by atoms with Crippen LogP contribution in [0.1, 0.15) is 60.0 Å². The molecule has 0 radical (unpaired) electrons. The van der Waals surface area contributed by atoms with E-state index < -0.39 is 0 Å². The first kappa shape index (κ1) is 18.4. The summed E-state index contributed by atoms with van der Waals surface area (Å²) < 4.78 is 0. The highest BCUT2D eigenvalue weighted by molar-refractivity contribution is 5.93. The summed E-state index contributed by atoms with van der Waals surface area (Å²) in [5.74, 6) is 1.29. The smallest absolute Gasteiger partial charge is 0.272 e. The molecule has 26 heavy (non-hydrogen) atoms. The number of amides is 1. The minimum Gasteiger partial charge on any atom is -0.340 e. The first-order chi connectivity index (χ1) is 12.5. The molecule has 0 saturated carbocycles. The van der Waals surface area contributed by atoms with E-state index in [9.17, 15) is 4.79 Å². The second-order valence-electron chi connectivity index (χ2n) is 7.24. The number of piperidine rings is 1. The number of carbonyl (C=O) groups excluding carboxylic acids is 1. The largest absolute Gasteiger partial charge is 0.340 e. The molecule has 0 bridgehead atoms. The van der Waals surface area contributed by atoms with Crippen molar-refractivity contribution in [2.75, 3.05) is 11.9 Å². The van der Waals surface area contributed by atoms with Gasteiger partial charge in [0.05, 0.1) is 0 Å². The fourth-order valence-electron chi connectivity index (χ4n) is 3.78.